The molecule has 3 aromatic carbocycles. The van der Waals surface area contributed by atoms with Crippen molar-refractivity contribution in [2.24, 2.45) is 5.10 Å². The van der Waals surface area contributed by atoms with E-state index in [0.29, 0.717) is 33.8 Å². The molecular formula is C31H29ClN4O4. The van der Waals surface area contributed by atoms with Crippen LogP contribution in [0.15, 0.2) is 82.7 Å². The largest absolute Gasteiger partial charge is 0.481 e. The predicted molar refractivity (Wildman–Crippen MR) is 158 cm³/mol. The minimum atomic E-state index is -0.955. The Morgan fingerprint density at radius 3 is 2.42 bits per heavy atom. The molecule has 1 amide bonds. The topological polar surface area (TPSA) is 106 Å². The Morgan fingerprint density at radius 1 is 1.02 bits per heavy atom. The molecule has 1 aliphatic rings. The highest BCUT2D eigenvalue weighted by atomic mass is 35.5. The number of anilines is 1. The Bertz CT molecular complexity index is 1660. The summed E-state index contributed by atoms with van der Waals surface area (Å²) in [5.41, 5.74) is 4.61. The number of carboxylic acid groups (broad SMARTS) is 1. The summed E-state index contributed by atoms with van der Waals surface area (Å²) in [6.07, 6.45) is 0.444. The molecule has 1 aliphatic heterocycles. The second-order valence-corrected chi connectivity index (χ2v) is 10.4. The number of H-pyrrole nitrogens is 1. The number of hydrogen-bond acceptors (Lipinski definition) is 5. The van der Waals surface area contributed by atoms with Gasteiger partial charge in [-0.3, -0.25) is 14.4 Å². The van der Waals surface area contributed by atoms with Crippen LogP contribution >= 0.6 is 11.6 Å². The number of aromatic amines is 1. The van der Waals surface area contributed by atoms with E-state index < -0.39 is 12.0 Å². The molecule has 4 aromatic rings. The SMILES string of the molecule is CN(C)c1ccc([C@@H]2CC(c3c(-c4ccccc4)c4cc(Cl)ccc4[nH]c3=O)=NN2C(=O)CCCC(=O)O)cc1. The lowest BCUT2D eigenvalue weighted by Gasteiger charge is -2.23. The second-order valence-electron chi connectivity index (χ2n) is 10.00. The van der Waals surface area contributed by atoms with E-state index in [2.05, 4.69) is 4.98 Å². The Hall–Kier alpha value is -4.43. The first kappa shape index (κ1) is 27.1. The van der Waals surface area contributed by atoms with E-state index in [4.69, 9.17) is 21.8 Å². The zero-order valence-electron chi connectivity index (χ0n) is 22.2. The highest BCUT2D eigenvalue weighted by molar-refractivity contribution is 6.31. The van der Waals surface area contributed by atoms with Crippen molar-refractivity contribution in [2.75, 3.05) is 19.0 Å². The monoisotopic (exact) mass is 556 g/mol. The van der Waals surface area contributed by atoms with E-state index in [1.54, 1.807) is 12.1 Å². The fourth-order valence-corrected chi connectivity index (χ4v) is 5.27. The molecule has 9 heteroatoms. The summed E-state index contributed by atoms with van der Waals surface area (Å²) in [5, 5.41) is 16.5. The number of benzene rings is 3. The van der Waals surface area contributed by atoms with Gasteiger partial charge in [0.2, 0.25) is 5.91 Å². The van der Waals surface area contributed by atoms with Gasteiger partial charge in [-0.25, -0.2) is 5.01 Å². The summed E-state index contributed by atoms with van der Waals surface area (Å²) in [4.78, 5) is 43.0. The van der Waals surface area contributed by atoms with E-state index in [0.717, 1.165) is 22.2 Å². The van der Waals surface area contributed by atoms with Gasteiger partial charge in [0.1, 0.15) is 0 Å². The molecule has 1 aromatic heterocycles. The van der Waals surface area contributed by atoms with Gasteiger partial charge in [0, 0.05) is 60.5 Å². The summed E-state index contributed by atoms with van der Waals surface area (Å²) in [5.74, 6) is -1.25. The summed E-state index contributed by atoms with van der Waals surface area (Å²) in [6, 6.07) is 22.3. The Balaban J connectivity index is 1.64. The Kier molecular flexibility index (Phi) is 7.71. The number of pyridine rings is 1. The fraction of sp³-hybridized carbons (Fsp3) is 0.226. The second kappa shape index (κ2) is 11.4. The van der Waals surface area contributed by atoms with E-state index in [1.807, 2.05) is 79.7 Å². The third-order valence-corrected chi connectivity index (χ3v) is 7.30. The van der Waals surface area contributed by atoms with Crippen LogP contribution in [0.1, 0.15) is 42.9 Å². The van der Waals surface area contributed by atoms with E-state index in [9.17, 15) is 14.4 Å². The summed E-state index contributed by atoms with van der Waals surface area (Å²) in [7, 11) is 3.90. The minimum Gasteiger partial charge on any atom is -0.481 e. The Labute approximate surface area is 236 Å². The standard InChI is InChI=1S/C31H29ClN4O4/c1-35(2)22-14-11-19(12-15-22)26-18-25(34-36(26)27(37)9-6-10-28(38)39)30-29(20-7-4-3-5-8-20)23-17-21(32)13-16-24(23)33-31(30)40/h3-5,7-8,11-17,26H,6,9-10,18H2,1-2H3,(H,33,40)(H,38,39)/t26-/m0/s1. The van der Waals surface area contributed by atoms with E-state index in [1.165, 1.54) is 5.01 Å². The van der Waals surface area contributed by atoms with Gasteiger partial charge < -0.3 is 15.0 Å². The fourth-order valence-electron chi connectivity index (χ4n) is 5.10. The zero-order valence-corrected chi connectivity index (χ0v) is 23.0. The molecule has 2 N–H and O–H groups in total. The molecule has 40 heavy (non-hydrogen) atoms. The van der Waals surface area contributed by atoms with Crippen LogP contribution in [0.5, 0.6) is 0 Å². The summed E-state index contributed by atoms with van der Waals surface area (Å²) in [6.45, 7) is 0. The Morgan fingerprint density at radius 2 is 1.75 bits per heavy atom. The molecule has 2 heterocycles. The first-order chi connectivity index (χ1) is 19.2. The number of halogens is 1. The number of aromatic nitrogens is 1. The molecule has 0 saturated carbocycles. The third kappa shape index (κ3) is 5.49. The van der Waals surface area contributed by atoms with E-state index in [-0.39, 0.29) is 30.7 Å². The van der Waals surface area contributed by atoms with Crippen LogP contribution in [-0.4, -0.2) is 46.8 Å². The highest BCUT2D eigenvalue weighted by Crippen LogP contribution is 2.38. The van der Waals surface area contributed by atoms with Gasteiger partial charge in [0.05, 0.1) is 17.3 Å². The lowest BCUT2D eigenvalue weighted by atomic mass is 9.91. The van der Waals surface area contributed by atoms with Crippen LogP contribution in [0, 0.1) is 0 Å². The van der Waals surface area contributed by atoms with Gasteiger partial charge in [0.25, 0.3) is 5.56 Å². The normalized spacial score (nSPS) is 14.8. The van der Waals surface area contributed by atoms with Crippen LogP contribution in [0.3, 0.4) is 0 Å². The first-order valence-electron chi connectivity index (χ1n) is 13.0. The summed E-state index contributed by atoms with van der Waals surface area (Å²) >= 11 is 6.38. The lowest BCUT2D eigenvalue weighted by Crippen LogP contribution is -2.27. The average molecular weight is 557 g/mol. The van der Waals surface area contributed by atoms with Gasteiger partial charge in [0.15, 0.2) is 0 Å². The number of aliphatic carboxylic acids is 1. The number of hydrogen-bond donors (Lipinski definition) is 2. The number of rotatable bonds is 8. The molecule has 8 nitrogen and oxygen atoms in total. The highest BCUT2D eigenvalue weighted by Gasteiger charge is 2.35. The molecule has 0 fully saturated rings. The molecule has 0 saturated heterocycles. The number of nitrogens with one attached hydrogen (secondary N) is 1. The van der Waals surface area contributed by atoms with Crippen LogP contribution < -0.4 is 10.5 Å². The van der Waals surface area contributed by atoms with Crippen LogP contribution in [0.4, 0.5) is 5.69 Å². The first-order valence-corrected chi connectivity index (χ1v) is 13.4. The van der Waals surface area contributed by atoms with Crippen molar-refractivity contribution in [3.8, 4) is 11.1 Å². The maximum atomic E-state index is 13.6. The molecule has 5 rings (SSSR count). The lowest BCUT2D eigenvalue weighted by molar-refractivity contribution is -0.137. The molecule has 0 bridgehead atoms. The van der Waals surface area contributed by atoms with Gasteiger partial charge >= 0.3 is 5.97 Å². The third-order valence-electron chi connectivity index (χ3n) is 7.07. The van der Waals surface area contributed by atoms with Crippen molar-refractivity contribution in [1.82, 2.24) is 9.99 Å². The maximum Gasteiger partial charge on any atom is 0.303 e. The van der Waals surface area contributed by atoms with Crippen LogP contribution in [0.25, 0.3) is 22.0 Å². The van der Waals surface area contributed by atoms with Gasteiger partial charge in [-0.1, -0.05) is 54.1 Å². The average Bonchev–Trinajstić information content (AvgIpc) is 3.38. The molecular weight excluding hydrogens is 528 g/mol. The quantitative estimate of drug-likeness (QED) is 0.283. The number of carboxylic acids is 1. The van der Waals surface area contributed by atoms with Crippen LogP contribution in [0.2, 0.25) is 5.02 Å². The van der Waals surface area contributed by atoms with Crippen molar-refractivity contribution in [1.29, 1.82) is 0 Å². The van der Waals surface area contributed by atoms with Crippen molar-refractivity contribution in [3.05, 3.63) is 99.3 Å². The van der Waals surface area contributed by atoms with Crippen molar-refractivity contribution < 1.29 is 14.7 Å². The smallest absolute Gasteiger partial charge is 0.303 e. The molecule has 1 atom stereocenters. The van der Waals surface area contributed by atoms with Crippen molar-refractivity contribution in [3.63, 3.8) is 0 Å². The number of fused-ring (bicyclic) bond motifs is 1. The minimum absolute atomic E-state index is 0.0323. The summed E-state index contributed by atoms with van der Waals surface area (Å²) < 4.78 is 0. The van der Waals surface area contributed by atoms with Gasteiger partial charge in [-0.2, -0.15) is 5.10 Å². The van der Waals surface area contributed by atoms with Gasteiger partial charge in [-0.15, -0.1) is 0 Å². The molecule has 0 unspecified atom stereocenters. The van der Waals surface area contributed by atoms with Crippen molar-refractivity contribution in [2.45, 2.75) is 31.7 Å². The molecule has 0 aliphatic carbocycles. The number of amides is 1. The number of carbonyl (C=O) groups is 2. The van der Waals surface area contributed by atoms with Crippen LogP contribution in [-0.2, 0) is 9.59 Å². The van der Waals surface area contributed by atoms with Gasteiger partial charge in [-0.05, 0) is 47.9 Å². The predicted octanol–water partition coefficient (Wildman–Crippen LogP) is 5.85. The maximum absolute atomic E-state index is 13.6. The number of nitrogens with zero attached hydrogens (tertiary/aromatic N) is 3. The molecule has 0 radical (unpaired) electrons. The molecule has 204 valence electrons. The molecule has 0 spiro atoms. The zero-order chi connectivity index (χ0) is 28.4. The van der Waals surface area contributed by atoms with E-state index >= 15 is 0 Å². The number of hydrazone groups is 1. The number of carbonyl (C=O) groups excluding carboxylic acids is 1. The van der Waals surface area contributed by atoms with Crippen molar-refractivity contribution >= 4 is 45.8 Å².